The van der Waals surface area contributed by atoms with Crippen molar-refractivity contribution in [3.8, 4) is 0 Å². The van der Waals surface area contributed by atoms with Gasteiger partial charge >= 0.3 is 0 Å². The van der Waals surface area contributed by atoms with Crippen LogP contribution < -0.4 is 0 Å². The zero-order chi connectivity index (χ0) is 8.10. The van der Waals surface area contributed by atoms with Crippen molar-refractivity contribution in [3.05, 3.63) is 24.0 Å². The van der Waals surface area contributed by atoms with Gasteiger partial charge in [0, 0.05) is 23.0 Å². The van der Waals surface area contributed by atoms with Crippen LogP contribution in [0, 0.1) is 0 Å². The molecular weight excluding hydrogens is 174 g/mol. The second-order valence-electron chi connectivity index (χ2n) is 1.83. The van der Waals surface area contributed by atoms with E-state index in [0.29, 0.717) is 0 Å². The number of nitrogens with zero attached hydrogens (tertiary/aromatic N) is 1. The van der Waals surface area contributed by atoms with Crippen molar-refractivity contribution >= 4 is 21.6 Å². The highest BCUT2D eigenvalue weighted by molar-refractivity contribution is 8.76. The predicted molar refractivity (Wildman–Crippen MR) is 52.7 cm³/mol. The van der Waals surface area contributed by atoms with Gasteiger partial charge < -0.3 is 0 Å². The fourth-order valence-electron chi connectivity index (χ4n) is 0.759. The van der Waals surface area contributed by atoms with E-state index in [0.717, 1.165) is 5.75 Å². The minimum Gasteiger partial charge on any atom is -0.264 e. The molecule has 0 fully saturated rings. The Morgan fingerprint density at radius 2 is 2.27 bits per heavy atom. The van der Waals surface area contributed by atoms with Crippen LogP contribution in [-0.2, 0) is 5.75 Å². The standard InChI is InChI=1S/C6H5NS2.C2H6/c1-2-7-3-6-5(1)4-8-9-6;1-2/h1-3H,4H2;1-2H3. The van der Waals surface area contributed by atoms with E-state index in [9.17, 15) is 0 Å². The number of hydrogen-bond acceptors (Lipinski definition) is 3. The van der Waals surface area contributed by atoms with E-state index in [4.69, 9.17) is 0 Å². The van der Waals surface area contributed by atoms with Gasteiger partial charge in [0.15, 0.2) is 0 Å². The maximum absolute atomic E-state index is 4.02. The molecule has 1 aliphatic rings. The molecule has 0 atom stereocenters. The molecule has 0 aliphatic carbocycles. The normalized spacial score (nSPS) is 13.3. The summed E-state index contributed by atoms with van der Waals surface area (Å²) in [5.74, 6) is 1.14. The molecule has 0 radical (unpaired) electrons. The minimum atomic E-state index is 1.14. The monoisotopic (exact) mass is 185 g/mol. The van der Waals surface area contributed by atoms with Crippen LogP contribution >= 0.6 is 21.6 Å². The van der Waals surface area contributed by atoms with Crippen molar-refractivity contribution in [2.45, 2.75) is 24.5 Å². The highest BCUT2D eigenvalue weighted by Gasteiger charge is 2.09. The summed E-state index contributed by atoms with van der Waals surface area (Å²) in [5.41, 5.74) is 1.43. The fourth-order valence-corrected chi connectivity index (χ4v) is 3.16. The first-order chi connectivity index (χ1) is 5.47. The molecule has 0 N–H and O–H groups in total. The highest BCUT2D eigenvalue weighted by atomic mass is 33.1. The lowest BCUT2D eigenvalue weighted by Gasteiger charge is -1.89. The molecule has 3 heteroatoms. The third kappa shape index (κ3) is 2.14. The van der Waals surface area contributed by atoms with E-state index in [1.165, 1.54) is 10.5 Å². The quantitative estimate of drug-likeness (QED) is 0.575. The third-order valence-corrected chi connectivity index (χ3v) is 3.57. The Kier molecular flexibility index (Phi) is 3.80. The molecule has 2 heterocycles. The number of hydrogen-bond donors (Lipinski definition) is 0. The smallest absolute Gasteiger partial charge is 0.0415 e. The maximum atomic E-state index is 4.02. The number of pyridine rings is 1. The molecule has 60 valence electrons. The van der Waals surface area contributed by atoms with Gasteiger partial charge in [-0.05, 0) is 11.6 Å². The summed E-state index contributed by atoms with van der Waals surface area (Å²) in [6, 6.07) is 2.09. The van der Waals surface area contributed by atoms with Gasteiger partial charge in [0.05, 0.1) is 0 Å². The SMILES string of the molecule is CC.c1cc2c(cn1)SSC2. The van der Waals surface area contributed by atoms with E-state index >= 15 is 0 Å². The first-order valence-corrected chi connectivity index (χ1v) is 6.01. The molecule has 0 unspecified atom stereocenters. The third-order valence-electron chi connectivity index (χ3n) is 1.23. The largest absolute Gasteiger partial charge is 0.264 e. The number of fused-ring (bicyclic) bond motifs is 1. The molecular formula is C8H11NS2. The summed E-state index contributed by atoms with van der Waals surface area (Å²) in [4.78, 5) is 5.36. The Labute approximate surface area is 75.4 Å². The van der Waals surface area contributed by atoms with E-state index in [-0.39, 0.29) is 0 Å². The van der Waals surface area contributed by atoms with E-state index in [1.807, 2.05) is 47.8 Å². The molecule has 1 nitrogen and oxygen atoms in total. The summed E-state index contributed by atoms with van der Waals surface area (Å²) < 4.78 is 0. The van der Waals surface area contributed by atoms with Gasteiger partial charge in [-0.2, -0.15) is 0 Å². The van der Waals surface area contributed by atoms with Gasteiger partial charge in [0.25, 0.3) is 0 Å². The van der Waals surface area contributed by atoms with Gasteiger partial charge in [0.1, 0.15) is 0 Å². The first kappa shape index (κ1) is 8.94. The fraction of sp³-hybridized carbons (Fsp3) is 0.375. The van der Waals surface area contributed by atoms with Gasteiger partial charge in [0.2, 0.25) is 0 Å². The molecule has 1 aromatic heterocycles. The van der Waals surface area contributed by atoms with E-state index in [2.05, 4.69) is 11.1 Å². The van der Waals surface area contributed by atoms with Crippen LogP contribution in [0.15, 0.2) is 23.4 Å². The molecule has 2 rings (SSSR count). The summed E-state index contributed by atoms with van der Waals surface area (Å²) in [6.07, 6.45) is 3.78. The van der Waals surface area contributed by atoms with Crippen LogP contribution in [0.3, 0.4) is 0 Å². The highest BCUT2D eigenvalue weighted by Crippen LogP contribution is 2.43. The molecule has 1 aliphatic heterocycles. The number of rotatable bonds is 0. The first-order valence-electron chi connectivity index (χ1n) is 3.69. The Hall–Kier alpha value is -0.150. The van der Waals surface area contributed by atoms with Crippen LogP contribution in [0.25, 0.3) is 0 Å². The molecule has 0 saturated heterocycles. The Morgan fingerprint density at radius 1 is 1.45 bits per heavy atom. The Bertz CT molecular complexity index is 202. The lowest BCUT2D eigenvalue weighted by atomic mass is 10.3. The van der Waals surface area contributed by atoms with Crippen LogP contribution in [0.5, 0.6) is 0 Å². The summed E-state index contributed by atoms with van der Waals surface area (Å²) in [7, 11) is 3.70. The van der Waals surface area contributed by atoms with Crippen molar-refractivity contribution in [2.75, 3.05) is 0 Å². The average molecular weight is 185 g/mol. The Morgan fingerprint density at radius 3 is 3.00 bits per heavy atom. The average Bonchev–Trinajstić information content (AvgIpc) is 2.55. The van der Waals surface area contributed by atoms with Crippen LogP contribution in [0.1, 0.15) is 19.4 Å². The molecule has 0 spiro atoms. The van der Waals surface area contributed by atoms with Crippen LogP contribution in [-0.4, -0.2) is 4.98 Å². The van der Waals surface area contributed by atoms with Crippen molar-refractivity contribution in [1.82, 2.24) is 4.98 Å². The molecule has 0 saturated carbocycles. The molecule has 0 bridgehead atoms. The zero-order valence-electron chi connectivity index (χ0n) is 6.70. The second-order valence-corrected chi connectivity index (χ2v) is 4.17. The molecule has 11 heavy (non-hydrogen) atoms. The van der Waals surface area contributed by atoms with Crippen LogP contribution in [0.4, 0.5) is 0 Å². The number of aromatic nitrogens is 1. The topological polar surface area (TPSA) is 12.9 Å². The van der Waals surface area contributed by atoms with Crippen molar-refractivity contribution in [1.29, 1.82) is 0 Å². The zero-order valence-corrected chi connectivity index (χ0v) is 8.34. The minimum absolute atomic E-state index is 1.14. The van der Waals surface area contributed by atoms with Crippen LogP contribution in [0.2, 0.25) is 0 Å². The van der Waals surface area contributed by atoms with Gasteiger partial charge in [-0.3, -0.25) is 4.98 Å². The maximum Gasteiger partial charge on any atom is 0.0415 e. The van der Waals surface area contributed by atoms with Gasteiger partial charge in [-0.25, -0.2) is 0 Å². The van der Waals surface area contributed by atoms with E-state index < -0.39 is 0 Å². The molecule has 1 aromatic rings. The lowest BCUT2D eigenvalue weighted by Crippen LogP contribution is -1.77. The van der Waals surface area contributed by atoms with Crippen molar-refractivity contribution in [3.63, 3.8) is 0 Å². The van der Waals surface area contributed by atoms with Gasteiger partial charge in [-0.1, -0.05) is 35.4 Å². The summed E-state index contributed by atoms with van der Waals surface area (Å²) >= 11 is 0. The van der Waals surface area contributed by atoms with E-state index in [1.54, 1.807) is 0 Å². The van der Waals surface area contributed by atoms with Crippen molar-refractivity contribution < 1.29 is 0 Å². The Balaban J connectivity index is 0.000000281. The van der Waals surface area contributed by atoms with Crippen molar-refractivity contribution in [2.24, 2.45) is 0 Å². The molecule has 0 amide bonds. The molecule has 0 aromatic carbocycles. The van der Waals surface area contributed by atoms with Gasteiger partial charge in [-0.15, -0.1) is 0 Å². The second kappa shape index (κ2) is 4.67. The summed E-state index contributed by atoms with van der Waals surface area (Å²) in [5, 5.41) is 0. The summed E-state index contributed by atoms with van der Waals surface area (Å²) in [6.45, 7) is 4.00. The predicted octanol–water partition coefficient (Wildman–Crippen LogP) is 3.36. The lowest BCUT2D eigenvalue weighted by molar-refractivity contribution is 1.18.